The van der Waals surface area contributed by atoms with Crippen molar-refractivity contribution in [2.24, 2.45) is 0 Å². The van der Waals surface area contributed by atoms with E-state index in [0.717, 1.165) is 37.2 Å². The third-order valence-corrected chi connectivity index (χ3v) is 3.20. The van der Waals surface area contributed by atoms with Crippen LogP contribution in [0.3, 0.4) is 0 Å². The highest BCUT2D eigenvalue weighted by molar-refractivity contribution is 5.75. The van der Waals surface area contributed by atoms with E-state index in [4.69, 9.17) is 5.73 Å². The van der Waals surface area contributed by atoms with Gasteiger partial charge in [0.15, 0.2) is 0 Å². The van der Waals surface area contributed by atoms with Crippen molar-refractivity contribution in [1.29, 1.82) is 0 Å². The molecule has 1 aliphatic heterocycles. The maximum absolute atomic E-state index is 11.9. The van der Waals surface area contributed by atoms with Gasteiger partial charge in [0.25, 0.3) is 0 Å². The molecule has 0 saturated carbocycles. The van der Waals surface area contributed by atoms with Crippen LogP contribution in [0, 0.1) is 0 Å². The summed E-state index contributed by atoms with van der Waals surface area (Å²) in [6.45, 7) is 3.69. The average Bonchev–Trinajstić information content (AvgIpc) is 2.82. The molecule has 1 heterocycles. The van der Waals surface area contributed by atoms with Gasteiger partial charge in [0.1, 0.15) is 0 Å². The SMILES string of the molecule is CC(NC(=O)N1CCCC1)c1ccccc1N. The standard InChI is InChI=1S/C13H19N3O/c1-10(11-6-2-3-7-12(11)14)15-13(17)16-8-4-5-9-16/h2-3,6-7,10H,4-5,8-9,14H2,1H3,(H,15,17). The van der Waals surface area contributed by atoms with Crippen molar-refractivity contribution in [3.05, 3.63) is 29.8 Å². The second-order valence-corrected chi connectivity index (χ2v) is 4.49. The number of nitrogens with two attached hydrogens (primary N) is 1. The van der Waals surface area contributed by atoms with Gasteiger partial charge in [0.2, 0.25) is 0 Å². The molecule has 4 nitrogen and oxygen atoms in total. The fourth-order valence-electron chi connectivity index (χ4n) is 2.18. The Labute approximate surface area is 102 Å². The molecule has 0 spiro atoms. The highest BCUT2D eigenvalue weighted by atomic mass is 16.2. The maximum atomic E-state index is 11.9. The zero-order valence-electron chi connectivity index (χ0n) is 10.1. The number of carbonyl (C=O) groups is 1. The van der Waals surface area contributed by atoms with Crippen LogP contribution in [0.1, 0.15) is 31.4 Å². The molecule has 1 unspecified atom stereocenters. The minimum Gasteiger partial charge on any atom is -0.398 e. The van der Waals surface area contributed by atoms with Gasteiger partial charge < -0.3 is 16.0 Å². The average molecular weight is 233 g/mol. The van der Waals surface area contributed by atoms with Gasteiger partial charge in [0, 0.05) is 18.8 Å². The molecule has 0 radical (unpaired) electrons. The molecule has 1 aromatic carbocycles. The Bertz CT molecular complexity index is 399. The van der Waals surface area contributed by atoms with Gasteiger partial charge in [-0.2, -0.15) is 0 Å². The third kappa shape index (κ3) is 2.70. The molecule has 3 N–H and O–H groups in total. The minimum absolute atomic E-state index is 0.0123. The highest BCUT2D eigenvalue weighted by Crippen LogP contribution is 2.20. The van der Waals surface area contributed by atoms with E-state index in [-0.39, 0.29) is 12.1 Å². The molecule has 1 aromatic rings. The Morgan fingerprint density at radius 2 is 2.00 bits per heavy atom. The zero-order chi connectivity index (χ0) is 12.3. The summed E-state index contributed by atoms with van der Waals surface area (Å²) in [6, 6.07) is 7.60. The maximum Gasteiger partial charge on any atom is 0.317 e. The molecule has 0 bridgehead atoms. The lowest BCUT2D eigenvalue weighted by atomic mass is 10.1. The topological polar surface area (TPSA) is 58.4 Å². The normalized spacial score (nSPS) is 16.9. The van der Waals surface area contributed by atoms with Gasteiger partial charge in [-0.1, -0.05) is 18.2 Å². The predicted molar refractivity (Wildman–Crippen MR) is 68.6 cm³/mol. The summed E-state index contributed by atoms with van der Waals surface area (Å²) in [6.07, 6.45) is 2.21. The molecule has 92 valence electrons. The van der Waals surface area contributed by atoms with Gasteiger partial charge in [-0.15, -0.1) is 0 Å². The summed E-state index contributed by atoms with van der Waals surface area (Å²) in [5.74, 6) is 0. The molecule has 2 amide bonds. The van der Waals surface area contributed by atoms with Crippen molar-refractivity contribution in [1.82, 2.24) is 10.2 Å². The molecule has 4 heteroatoms. The number of hydrogen-bond donors (Lipinski definition) is 2. The first-order valence-corrected chi connectivity index (χ1v) is 6.08. The molecule has 1 atom stereocenters. The van der Waals surface area contributed by atoms with Crippen LogP contribution in [0.5, 0.6) is 0 Å². The lowest BCUT2D eigenvalue weighted by molar-refractivity contribution is 0.205. The molecular formula is C13H19N3O. The van der Waals surface area contributed by atoms with Crippen molar-refractivity contribution >= 4 is 11.7 Å². The quantitative estimate of drug-likeness (QED) is 0.769. The zero-order valence-corrected chi connectivity index (χ0v) is 10.1. The van der Waals surface area contributed by atoms with Crippen molar-refractivity contribution < 1.29 is 4.79 Å². The number of anilines is 1. The Hall–Kier alpha value is -1.71. The number of nitrogens with one attached hydrogen (secondary N) is 1. The van der Waals surface area contributed by atoms with Crippen molar-refractivity contribution in [3.8, 4) is 0 Å². The third-order valence-electron chi connectivity index (χ3n) is 3.20. The smallest absolute Gasteiger partial charge is 0.317 e. The van der Waals surface area contributed by atoms with Crippen LogP contribution in [0.25, 0.3) is 0 Å². The van der Waals surface area contributed by atoms with E-state index < -0.39 is 0 Å². The molecule has 1 aliphatic rings. The number of rotatable bonds is 2. The van der Waals surface area contributed by atoms with E-state index in [9.17, 15) is 4.79 Å². The van der Waals surface area contributed by atoms with Crippen LogP contribution in [0.4, 0.5) is 10.5 Å². The number of carbonyl (C=O) groups excluding carboxylic acids is 1. The van der Waals surface area contributed by atoms with Gasteiger partial charge in [0.05, 0.1) is 6.04 Å². The highest BCUT2D eigenvalue weighted by Gasteiger charge is 2.20. The number of amides is 2. The first kappa shape index (κ1) is 11.8. The molecule has 17 heavy (non-hydrogen) atoms. The van der Waals surface area contributed by atoms with E-state index in [1.165, 1.54) is 0 Å². The van der Waals surface area contributed by atoms with E-state index >= 15 is 0 Å². The number of hydrogen-bond acceptors (Lipinski definition) is 2. The number of para-hydroxylation sites is 1. The number of urea groups is 1. The summed E-state index contributed by atoms with van der Waals surface area (Å²) < 4.78 is 0. The van der Waals surface area contributed by atoms with E-state index in [1.807, 2.05) is 36.1 Å². The Kier molecular flexibility index (Phi) is 3.52. The molecule has 1 fully saturated rings. The predicted octanol–water partition coefficient (Wildman–Crippen LogP) is 2.14. The summed E-state index contributed by atoms with van der Waals surface area (Å²) in [5.41, 5.74) is 7.58. The van der Waals surface area contributed by atoms with Crippen LogP contribution >= 0.6 is 0 Å². The van der Waals surface area contributed by atoms with Crippen LogP contribution in [0.2, 0.25) is 0 Å². The second-order valence-electron chi connectivity index (χ2n) is 4.49. The van der Waals surface area contributed by atoms with Crippen molar-refractivity contribution in [2.45, 2.75) is 25.8 Å². The van der Waals surface area contributed by atoms with E-state index in [0.29, 0.717) is 0 Å². The molecule has 1 saturated heterocycles. The monoisotopic (exact) mass is 233 g/mol. The lowest BCUT2D eigenvalue weighted by Gasteiger charge is -2.21. The van der Waals surface area contributed by atoms with E-state index in [2.05, 4.69) is 5.32 Å². The van der Waals surface area contributed by atoms with Crippen LogP contribution in [-0.4, -0.2) is 24.0 Å². The van der Waals surface area contributed by atoms with Crippen LogP contribution in [-0.2, 0) is 0 Å². The Balaban J connectivity index is 1.99. The van der Waals surface area contributed by atoms with Gasteiger partial charge in [-0.05, 0) is 31.4 Å². The number of benzene rings is 1. The first-order chi connectivity index (χ1) is 8.18. The summed E-state index contributed by atoms with van der Waals surface area (Å²) in [5, 5.41) is 2.99. The summed E-state index contributed by atoms with van der Waals surface area (Å²) in [4.78, 5) is 13.8. The molecular weight excluding hydrogens is 214 g/mol. The number of nitrogens with zero attached hydrogens (tertiary/aromatic N) is 1. The molecule has 0 aromatic heterocycles. The Morgan fingerprint density at radius 1 is 1.35 bits per heavy atom. The second kappa shape index (κ2) is 5.08. The number of nitrogen functional groups attached to an aromatic ring is 1. The summed E-state index contributed by atoms with van der Waals surface area (Å²) >= 11 is 0. The first-order valence-electron chi connectivity index (χ1n) is 6.08. The van der Waals surface area contributed by atoms with Crippen LogP contribution in [0.15, 0.2) is 24.3 Å². The Morgan fingerprint density at radius 3 is 2.65 bits per heavy atom. The molecule has 0 aliphatic carbocycles. The van der Waals surface area contributed by atoms with Gasteiger partial charge in [-0.25, -0.2) is 4.79 Å². The number of likely N-dealkylation sites (tertiary alicyclic amines) is 1. The lowest BCUT2D eigenvalue weighted by Crippen LogP contribution is -2.39. The van der Waals surface area contributed by atoms with E-state index in [1.54, 1.807) is 0 Å². The van der Waals surface area contributed by atoms with Crippen molar-refractivity contribution in [3.63, 3.8) is 0 Å². The fourth-order valence-corrected chi connectivity index (χ4v) is 2.18. The van der Waals surface area contributed by atoms with Gasteiger partial charge >= 0.3 is 6.03 Å². The van der Waals surface area contributed by atoms with Crippen LogP contribution < -0.4 is 11.1 Å². The van der Waals surface area contributed by atoms with Crippen molar-refractivity contribution in [2.75, 3.05) is 18.8 Å². The molecule has 2 rings (SSSR count). The fraction of sp³-hybridized carbons (Fsp3) is 0.462. The minimum atomic E-state index is -0.0516. The summed E-state index contributed by atoms with van der Waals surface area (Å²) in [7, 11) is 0. The largest absolute Gasteiger partial charge is 0.398 e. The van der Waals surface area contributed by atoms with Gasteiger partial charge in [-0.3, -0.25) is 0 Å².